The van der Waals surface area contributed by atoms with Crippen LogP contribution in [-0.4, -0.2) is 22.1 Å². The molecule has 0 saturated carbocycles. The summed E-state index contributed by atoms with van der Waals surface area (Å²) in [7, 11) is 0. The van der Waals surface area contributed by atoms with Crippen LogP contribution in [0.25, 0.3) is 11.0 Å². The summed E-state index contributed by atoms with van der Waals surface area (Å²) >= 11 is 0. The van der Waals surface area contributed by atoms with Crippen molar-refractivity contribution < 1.29 is 13.9 Å². The number of nitrogens with zero attached hydrogens (tertiary/aromatic N) is 2. The molecule has 0 spiro atoms. The third-order valence-electron chi connectivity index (χ3n) is 3.91. The van der Waals surface area contributed by atoms with Gasteiger partial charge in [0.2, 0.25) is 0 Å². The molecule has 0 aliphatic heterocycles. The zero-order chi connectivity index (χ0) is 18.5. The van der Waals surface area contributed by atoms with Crippen LogP contribution < -0.4 is 15.7 Å². The van der Waals surface area contributed by atoms with Gasteiger partial charge in [0.1, 0.15) is 16.9 Å². The molecule has 0 radical (unpaired) electrons. The smallest absolute Gasteiger partial charge is 0.349 e. The molecule has 0 fully saturated rings. The molecule has 2 aromatic heterocycles. The number of rotatable bonds is 7. The van der Waals surface area contributed by atoms with E-state index in [0.29, 0.717) is 23.3 Å². The Morgan fingerprint density at radius 1 is 1.31 bits per heavy atom. The second-order valence-corrected chi connectivity index (χ2v) is 5.87. The van der Waals surface area contributed by atoms with Crippen molar-refractivity contribution in [3.63, 3.8) is 0 Å². The minimum absolute atomic E-state index is 0.0327. The van der Waals surface area contributed by atoms with E-state index in [4.69, 9.17) is 9.15 Å². The van der Waals surface area contributed by atoms with Crippen LogP contribution in [0.3, 0.4) is 0 Å². The Hall–Kier alpha value is -3.09. The van der Waals surface area contributed by atoms with Crippen molar-refractivity contribution in [3.05, 3.63) is 58.5 Å². The van der Waals surface area contributed by atoms with Gasteiger partial charge in [-0.1, -0.05) is 6.92 Å². The molecule has 0 atom stereocenters. The van der Waals surface area contributed by atoms with Crippen molar-refractivity contribution in [2.45, 2.75) is 33.4 Å². The number of hydrogen-bond acceptors (Lipinski definition) is 5. The molecule has 7 nitrogen and oxygen atoms in total. The standard InChI is InChI=1S/C19H21N3O4/c1-3-7-25-15-6-5-13-8-16(19(24)26-17(13)9-15)18(23)20-10-14-11-22(4-2)12-21-14/h5-6,8-9,11-12H,3-4,7,10H2,1-2H3,(H,20,23). The summed E-state index contributed by atoms with van der Waals surface area (Å²) in [5.74, 6) is 0.143. The van der Waals surface area contributed by atoms with Crippen LogP contribution in [0.5, 0.6) is 5.75 Å². The summed E-state index contributed by atoms with van der Waals surface area (Å²) in [6, 6.07) is 6.75. The molecule has 7 heteroatoms. The van der Waals surface area contributed by atoms with Gasteiger partial charge in [-0.15, -0.1) is 0 Å². The number of hydrogen-bond donors (Lipinski definition) is 1. The normalized spacial score (nSPS) is 10.8. The van der Waals surface area contributed by atoms with E-state index in [9.17, 15) is 9.59 Å². The van der Waals surface area contributed by atoms with Gasteiger partial charge in [0.05, 0.1) is 25.2 Å². The van der Waals surface area contributed by atoms with Crippen molar-refractivity contribution in [2.24, 2.45) is 0 Å². The lowest BCUT2D eigenvalue weighted by Gasteiger charge is -2.06. The first-order valence-electron chi connectivity index (χ1n) is 8.60. The summed E-state index contributed by atoms with van der Waals surface area (Å²) < 4.78 is 12.7. The first-order valence-corrected chi connectivity index (χ1v) is 8.60. The molecular weight excluding hydrogens is 334 g/mol. The molecule has 2 heterocycles. The number of fused-ring (bicyclic) bond motifs is 1. The molecule has 0 bridgehead atoms. The maximum absolute atomic E-state index is 12.3. The van der Waals surface area contributed by atoms with Gasteiger partial charge in [-0.3, -0.25) is 4.79 Å². The first-order chi connectivity index (χ1) is 12.6. The van der Waals surface area contributed by atoms with Gasteiger partial charge in [0, 0.05) is 24.2 Å². The molecule has 26 heavy (non-hydrogen) atoms. The monoisotopic (exact) mass is 355 g/mol. The van der Waals surface area contributed by atoms with E-state index in [-0.39, 0.29) is 12.1 Å². The topological polar surface area (TPSA) is 86.4 Å². The van der Waals surface area contributed by atoms with Crippen LogP contribution in [0.1, 0.15) is 36.3 Å². The van der Waals surface area contributed by atoms with Gasteiger partial charge in [-0.05, 0) is 31.5 Å². The lowest BCUT2D eigenvalue weighted by Crippen LogP contribution is -2.28. The minimum atomic E-state index is -0.679. The van der Waals surface area contributed by atoms with E-state index < -0.39 is 11.5 Å². The number of ether oxygens (including phenoxy) is 1. The van der Waals surface area contributed by atoms with Gasteiger partial charge in [0.25, 0.3) is 5.91 Å². The van der Waals surface area contributed by atoms with Crippen LogP contribution >= 0.6 is 0 Å². The summed E-state index contributed by atoms with van der Waals surface area (Å²) in [4.78, 5) is 28.7. The van der Waals surface area contributed by atoms with E-state index in [1.165, 1.54) is 6.07 Å². The Morgan fingerprint density at radius 2 is 2.15 bits per heavy atom. The van der Waals surface area contributed by atoms with Gasteiger partial charge in [-0.2, -0.15) is 0 Å². The van der Waals surface area contributed by atoms with Gasteiger partial charge < -0.3 is 19.0 Å². The van der Waals surface area contributed by atoms with Crippen molar-refractivity contribution in [1.29, 1.82) is 0 Å². The highest BCUT2D eigenvalue weighted by Crippen LogP contribution is 2.20. The summed E-state index contributed by atoms with van der Waals surface area (Å²) in [6.07, 6.45) is 4.43. The van der Waals surface area contributed by atoms with Gasteiger partial charge >= 0.3 is 5.63 Å². The fourth-order valence-electron chi connectivity index (χ4n) is 2.50. The Morgan fingerprint density at radius 3 is 2.88 bits per heavy atom. The fourth-order valence-corrected chi connectivity index (χ4v) is 2.50. The number of aromatic nitrogens is 2. The first kappa shape index (κ1) is 17.7. The molecule has 3 aromatic rings. The number of benzene rings is 1. The van der Waals surface area contributed by atoms with E-state index in [1.807, 2.05) is 24.6 Å². The number of carbonyl (C=O) groups excluding carboxylic acids is 1. The largest absolute Gasteiger partial charge is 0.493 e. The Balaban J connectivity index is 1.77. The summed E-state index contributed by atoms with van der Waals surface area (Å²) in [5, 5.41) is 3.36. The molecule has 0 aliphatic rings. The molecule has 0 saturated heterocycles. The van der Waals surface area contributed by atoms with Crippen molar-refractivity contribution >= 4 is 16.9 Å². The average molecular weight is 355 g/mol. The van der Waals surface area contributed by atoms with Crippen molar-refractivity contribution in [2.75, 3.05) is 6.61 Å². The highest BCUT2D eigenvalue weighted by Gasteiger charge is 2.14. The predicted octanol–water partition coefficient (Wildman–Crippen LogP) is 2.73. The van der Waals surface area contributed by atoms with Crippen LogP contribution in [0, 0.1) is 0 Å². The Kier molecular flexibility index (Phi) is 5.36. The summed E-state index contributed by atoms with van der Waals surface area (Å²) in [5.41, 5.74) is 0.404. The molecule has 1 amide bonds. The maximum Gasteiger partial charge on any atom is 0.349 e. The van der Waals surface area contributed by atoms with E-state index >= 15 is 0 Å². The third kappa shape index (κ3) is 3.93. The number of amides is 1. The SMILES string of the molecule is CCCOc1ccc2cc(C(=O)NCc3cn(CC)cn3)c(=O)oc2c1. The Labute approximate surface area is 150 Å². The second kappa shape index (κ2) is 7.86. The number of aryl methyl sites for hydroxylation is 1. The van der Waals surface area contributed by atoms with E-state index in [0.717, 1.165) is 18.7 Å². The molecule has 1 N–H and O–H groups in total. The molecule has 136 valence electrons. The number of carbonyl (C=O) groups is 1. The number of nitrogens with one attached hydrogen (secondary N) is 1. The van der Waals surface area contributed by atoms with Crippen LogP contribution in [0.15, 0.2) is 46.0 Å². The van der Waals surface area contributed by atoms with E-state index in [2.05, 4.69) is 10.3 Å². The Bertz CT molecular complexity index is 974. The lowest BCUT2D eigenvalue weighted by atomic mass is 10.1. The second-order valence-electron chi connectivity index (χ2n) is 5.87. The molecule has 3 rings (SSSR count). The molecular formula is C19H21N3O4. The zero-order valence-electron chi connectivity index (χ0n) is 14.8. The van der Waals surface area contributed by atoms with Gasteiger partial charge in [0.15, 0.2) is 0 Å². The summed E-state index contributed by atoms with van der Waals surface area (Å²) in [6.45, 7) is 5.65. The third-order valence-corrected chi connectivity index (χ3v) is 3.91. The molecule has 0 unspecified atom stereocenters. The highest BCUT2D eigenvalue weighted by atomic mass is 16.5. The van der Waals surface area contributed by atoms with Crippen LogP contribution in [-0.2, 0) is 13.1 Å². The fraction of sp³-hybridized carbons (Fsp3) is 0.316. The minimum Gasteiger partial charge on any atom is -0.493 e. The average Bonchev–Trinajstić information content (AvgIpc) is 3.11. The van der Waals surface area contributed by atoms with Crippen LogP contribution in [0.4, 0.5) is 0 Å². The molecule has 1 aromatic carbocycles. The van der Waals surface area contributed by atoms with Crippen molar-refractivity contribution in [1.82, 2.24) is 14.9 Å². The van der Waals surface area contributed by atoms with Crippen molar-refractivity contribution in [3.8, 4) is 5.75 Å². The molecule has 0 aliphatic carbocycles. The lowest BCUT2D eigenvalue weighted by molar-refractivity contribution is 0.0947. The van der Waals surface area contributed by atoms with E-state index in [1.54, 1.807) is 24.5 Å². The zero-order valence-corrected chi connectivity index (χ0v) is 14.8. The number of imidazole rings is 1. The van der Waals surface area contributed by atoms with Gasteiger partial charge in [-0.25, -0.2) is 9.78 Å². The quantitative estimate of drug-likeness (QED) is 0.659. The van der Waals surface area contributed by atoms with Crippen LogP contribution in [0.2, 0.25) is 0 Å². The highest BCUT2D eigenvalue weighted by molar-refractivity contribution is 5.96. The predicted molar refractivity (Wildman–Crippen MR) is 97.3 cm³/mol. The maximum atomic E-state index is 12.3.